The molecule has 0 heterocycles. The second-order valence-corrected chi connectivity index (χ2v) is 1.01. The molecule has 0 atom stereocenters. The van der Waals surface area contributed by atoms with E-state index in [0.29, 0.717) is 0 Å². The van der Waals surface area contributed by atoms with Gasteiger partial charge in [0.05, 0.1) is 0 Å². The van der Waals surface area contributed by atoms with E-state index in [1.54, 1.807) is 0 Å². The van der Waals surface area contributed by atoms with Gasteiger partial charge in [0, 0.05) is 6.92 Å². The van der Waals surface area contributed by atoms with Crippen LogP contribution in [0.1, 0.15) is 0 Å². The van der Waals surface area contributed by atoms with Crippen LogP contribution in [-0.4, -0.2) is 17.0 Å². The lowest BCUT2D eigenvalue weighted by Crippen LogP contribution is -2.23. The zero-order valence-corrected chi connectivity index (χ0v) is 3.32. The zero-order valence-electron chi connectivity index (χ0n) is 3.32. The van der Waals surface area contributed by atoms with Gasteiger partial charge in [0.25, 0.3) is 0 Å². The SMILES string of the molecule is [CH2]C(F)(F)C(=O)O. The van der Waals surface area contributed by atoms with E-state index in [1.165, 1.54) is 0 Å². The lowest BCUT2D eigenvalue weighted by molar-refractivity contribution is -0.158. The van der Waals surface area contributed by atoms with Crippen LogP contribution >= 0.6 is 0 Å². The number of hydrogen-bond acceptors (Lipinski definition) is 1. The molecular formula is C3H3F2O2. The van der Waals surface area contributed by atoms with E-state index in [9.17, 15) is 13.6 Å². The molecule has 4 heteroatoms. The summed E-state index contributed by atoms with van der Waals surface area (Å²) >= 11 is 0. The number of carboxylic acid groups (broad SMARTS) is 1. The molecule has 0 amide bonds. The summed E-state index contributed by atoms with van der Waals surface area (Å²) in [5, 5.41) is 7.44. The van der Waals surface area contributed by atoms with E-state index in [-0.39, 0.29) is 0 Å². The van der Waals surface area contributed by atoms with Gasteiger partial charge in [-0.15, -0.1) is 0 Å². The van der Waals surface area contributed by atoms with Crippen molar-refractivity contribution < 1.29 is 18.7 Å². The van der Waals surface area contributed by atoms with Gasteiger partial charge in [-0.25, -0.2) is 4.79 Å². The van der Waals surface area contributed by atoms with Crippen LogP contribution in [0, 0.1) is 6.92 Å². The fraction of sp³-hybridized carbons (Fsp3) is 0.333. The number of carboxylic acids is 1. The van der Waals surface area contributed by atoms with Crippen molar-refractivity contribution in [3.63, 3.8) is 0 Å². The first-order valence-corrected chi connectivity index (χ1v) is 1.41. The molecule has 0 aromatic heterocycles. The third kappa shape index (κ3) is 2.08. The molecule has 0 aliphatic carbocycles. The van der Waals surface area contributed by atoms with Gasteiger partial charge in [-0.05, 0) is 0 Å². The molecule has 0 saturated carbocycles. The van der Waals surface area contributed by atoms with Gasteiger partial charge in [0.1, 0.15) is 0 Å². The molecule has 0 aromatic rings. The van der Waals surface area contributed by atoms with Crippen LogP contribution in [0.3, 0.4) is 0 Å². The molecule has 7 heavy (non-hydrogen) atoms. The van der Waals surface area contributed by atoms with E-state index in [1.807, 2.05) is 6.92 Å². The Balaban J connectivity index is 3.79. The molecule has 0 spiro atoms. The third-order valence-electron chi connectivity index (χ3n) is 0.313. The Morgan fingerprint density at radius 3 is 1.86 bits per heavy atom. The summed E-state index contributed by atoms with van der Waals surface area (Å²) in [6, 6.07) is 0. The van der Waals surface area contributed by atoms with Crippen molar-refractivity contribution in [2.24, 2.45) is 0 Å². The standard InChI is InChI=1S/C3H3F2O2/c1-3(4,5)2(6)7/h1H2,(H,6,7). The van der Waals surface area contributed by atoms with E-state index in [2.05, 4.69) is 0 Å². The van der Waals surface area contributed by atoms with Gasteiger partial charge in [-0.3, -0.25) is 0 Å². The Labute approximate surface area is 38.8 Å². The first kappa shape index (κ1) is 6.33. The van der Waals surface area contributed by atoms with Gasteiger partial charge < -0.3 is 5.11 Å². The highest BCUT2D eigenvalue weighted by atomic mass is 19.3. The molecule has 1 radical (unpaired) electrons. The van der Waals surface area contributed by atoms with Crippen molar-refractivity contribution >= 4 is 5.97 Å². The smallest absolute Gasteiger partial charge is 0.374 e. The number of carbonyl (C=O) groups is 1. The average Bonchev–Trinajstić information content (AvgIpc) is 1.31. The number of aliphatic carboxylic acids is 1. The quantitative estimate of drug-likeness (QED) is 0.533. The van der Waals surface area contributed by atoms with Gasteiger partial charge >= 0.3 is 11.9 Å². The van der Waals surface area contributed by atoms with Crippen molar-refractivity contribution in [2.45, 2.75) is 5.92 Å². The summed E-state index contributed by atoms with van der Waals surface area (Å²) in [5.74, 6) is -6.03. The molecule has 0 saturated heterocycles. The van der Waals surface area contributed by atoms with Gasteiger partial charge in [0.15, 0.2) is 0 Å². The molecule has 0 aliphatic heterocycles. The van der Waals surface area contributed by atoms with E-state index in [4.69, 9.17) is 5.11 Å². The molecule has 0 bridgehead atoms. The van der Waals surface area contributed by atoms with Crippen LogP contribution in [0.2, 0.25) is 0 Å². The summed E-state index contributed by atoms with van der Waals surface area (Å²) in [5.41, 5.74) is 0. The summed E-state index contributed by atoms with van der Waals surface area (Å²) < 4.78 is 22.3. The van der Waals surface area contributed by atoms with Crippen LogP contribution < -0.4 is 0 Å². The van der Waals surface area contributed by atoms with Crippen LogP contribution in [0.25, 0.3) is 0 Å². The van der Waals surface area contributed by atoms with Crippen molar-refractivity contribution in [1.29, 1.82) is 0 Å². The van der Waals surface area contributed by atoms with Crippen molar-refractivity contribution in [2.75, 3.05) is 0 Å². The topological polar surface area (TPSA) is 37.3 Å². The first-order valence-electron chi connectivity index (χ1n) is 1.41. The number of alkyl halides is 2. The van der Waals surface area contributed by atoms with Crippen LogP contribution in [0.4, 0.5) is 8.78 Å². The second-order valence-electron chi connectivity index (χ2n) is 1.01. The van der Waals surface area contributed by atoms with Crippen molar-refractivity contribution in [3.05, 3.63) is 6.92 Å². The zero-order chi connectivity index (χ0) is 6.08. The van der Waals surface area contributed by atoms with Crippen molar-refractivity contribution in [1.82, 2.24) is 0 Å². The van der Waals surface area contributed by atoms with Crippen LogP contribution in [0.5, 0.6) is 0 Å². The normalized spacial score (nSPS) is 11.3. The van der Waals surface area contributed by atoms with Gasteiger partial charge in [0.2, 0.25) is 0 Å². The van der Waals surface area contributed by atoms with E-state index in [0.717, 1.165) is 0 Å². The van der Waals surface area contributed by atoms with Crippen molar-refractivity contribution in [3.8, 4) is 0 Å². The largest absolute Gasteiger partial charge is 0.477 e. The van der Waals surface area contributed by atoms with E-state index >= 15 is 0 Å². The maximum atomic E-state index is 11.1. The Bertz CT molecular complexity index is 83.4. The predicted octanol–water partition coefficient (Wildman–Crippen LogP) is 0.540. The Morgan fingerprint density at radius 2 is 1.86 bits per heavy atom. The minimum atomic E-state index is -3.83. The number of hydrogen-bond donors (Lipinski definition) is 1. The lowest BCUT2D eigenvalue weighted by atomic mass is 10.4. The highest BCUT2D eigenvalue weighted by molar-refractivity contribution is 5.75. The highest BCUT2D eigenvalue weighted by Crippen LogP contribution is 2.08. The maximum Gasteiger partial charge on any atom is 0.374 e. The van der Waals surface area contributed by atoms with E-state index < -0.39 is 11.9 Å². The van der Waals surface area contributed by atoms with Gasteiger partial charge in [-0.2, -0.15) is 8.78 Å². The molecule has 0 rings (SSSR count). The maximum absolute atomic E-state index is 11.1. The molecule has 2 nitrogen and oxygen atoms in total. The second kappa shape index (κ2) is 1.44. The number of halogens is 2. The Hall–Kier alpha value is -0.670. The minimum Gasteiger partial charge on any atom is -0.477 e. The molecule has 41 valence electrons. The van der Waals surface area contributed by atoms with Gasteiger partial charge in [-0.1, -0.05) is 0 Å². The summed E-state index contributed by atoms with van der Waals surface area (Å²) in [6.45, 7) is 2.04. The minimum absolute atomic E-state index is 2.04. The molecule has 0 aromatic carbocycles. The van der Waals surface area contributed by atoms with Crippen LogP contribution in [-0.2, 0) is 4.79 Å². The predicted molar refractivity (Wildman–Crippen MR) is 17.9 cm³/mol. The summed E-state index contributed by atoms with van der Waals surface area (Å²) in [6.07, 6.45) is 0. The molecule has 0 unspecified atom stereocenters. The third-order valence-corrected chi connectivity index (χ3v) is 0.313. The summed E-state index contributed by atoms with van der Waals surface area (Å²) in [7, 11) is 0. The molecular weight excluding hydrogens is 106 g/mol. The molecule has 0 aliphatic rings. The van der Waals surface area contributed by atoms with Crippen LogP contribution in [0.15, 0.2) is 0 Å². The first-order chi connectivity index (χ1) is 2.94. The molecule has 1 N–H and O–H groups in total. The lowest BCUT2D eigenvalue weighted by Gasteiger charge is -1.98. The fourth-order valence-corrected chi connectivity index (χ4v) is 0. The Kier molecular flexibility index (Phi) is 1.30. The Morgan fingerprint density at radius 1 is 1.71 bits per heavy atom. The fourth-order valence-electron chi connectivity index (χ4n) is 0. The highest BCUT2D eigenvalue weighted by Gasteiger charge is 2.31. The molecule has 0 fully saturated rings. The summed E-state index contributed by atoms with van der Waals surface area (Å²) in [4.78, 5) is 9.21. The monoisotopic (exact) mass is 109 g/mol. The number of rotatable bonds is 1. The average molecular weight is 109 g/mol.